The van der Waals surface area contributed by atoms with Gasteiger partial charge in [0.2, 0.25) is 0 Å². The number of nitrogens with zero attached hydrogens (tertiary/aromatic N) is 1. The van der Waals surface area contributed by atoms with Crippen molar-refractivity contribution in [3.05, 3.63) is 33.9 Å². The van der Waals surface area contributed by atoms with Crippen molar-refractivity contribution in [2.45, 2.75) is 6.61 Å². The quantitative estimate of drug-likeness (QED) is 0.547. The molecule has 1 aromatic carbocycles. The Bertz CT molecular complexity index is 352. The van der Waals surface area contributed by atoms with Crippen LogP contribution in [-0.4, -0.2) is 28.4 Å². The van der Waals surface area contributed by atoms with Crippen LogP contribution >= 0.6 is 0 Å². The van der Waals surface area contributed by atoms with E-state index in [2.05, 4.69) is 0 Å². The maximum atomic E-state index is 10.6. The molecule has 6 nitrogen and oxygen atoms in total. The number of aliphatic hydroxyl groups is 2. The van der Waals surface area contributed by atoms with Crippen molar-refractivity contribution in [2.75, 3.05) is 13.2 Å². The van der Waals surface area contributed by atoms with E-state index in [0.29, 0.717) is 5.56 Å². The molecule has 0 radical (unpaired) electrons. The van der Waals surface area contributed by atoms with Crippen LogP contribution in [0.2, 0.25) is 0 Å². The SMILES string of the molecule is O=[N+]([O-])c1cc(CO)ccc1OCCO. The average Bonchev–Trinajstić information content (AvgIpc) is 2.26. The molecule has 15 heavy (non-hydrogen) atoms. The summed E-state index contributed by atoms with van der Waals surface area (Å²) in [6.07, 6.45) is 0. The average molecular weight is 213 g/mol. The molecule has 0 unspecified atom stereocenters. The number of aliphatic hydroxyl groups excluding tert-OH is 2. The smallest absolute Gasteiger partial charge is 0.311 e. The second-order valence-electron chi connectivity index (χ2n) is 2.79. The summed E-state index contributed by atoms with van der Waals surface area (Å²) in [4.78, 5) is 10.0. The van der Waals surface area contributed by atoms with Crippen LogP contribution in [0.15, 0.2) is 18.2 Å². The van der Waals surface area contributed by atoms with Crippen LogP contribution in [0, 0.1) is 10.1 Å². The minimum Gasteiger partial charge on any atom is -0.484 e. The molecule has 0 heterocycles. The number of nitro benzene ring substituents is 1. The Balaban J connectivity index is 2.98. The standard InChI is InChI=1S/C9H11NO5/c11-3-4-15-9-2-1-7(6-12)5-8(9)10(13)14/h1-2,5,11-12H,3-4,6H2. The molecule has 0 amide bonds. The van der Waals surface area contributed by atoms with Gasteiger partial charge in [0.15, 0.2) is 5.75 Å². The molecule has 0 atom stereocenters. The van der Waals surface area contributed by atoms with Crippen LogP contribution < -0.4 is 4.74 Å². The van der Waals surface area contributed by atoms with Gasteiger partial charge in [0.1, 0.15) is 6.61 Å². The molecule has 0 saturated carbocycles. The van der Waals surface area contributed by atoms with E-state index in [1.165, 1.54) is 18.2 Å². The lowest BCUT2D eigenvalue weighted by Gasteiger charge is -2.05. The highest BCUT2D eigenvalue weighted by molar-refractivity contribution is 5.48. The fourth-order valence-electron chi connectivity index (χ4n) is 1.08. The zero-order valence-corrected chi connectivity index (χ0v) is 7.92. The zero-order valence-electron chi connectivity index (χ0n) is 7.92. The van der Waals surface area contributed by atoms with E-state index in [1.54, 1.807) is 0 Å². The summed E-state index contributed by atoms with van der Waals surface area (Å²) in [5.74, 6) is 0.0891. The van der Waals surface area contributed by atoms with Gasteiger partial charge in [0.25, 0.3) is 0 Å². The lowest BCUT2D eigenvalue weighted by Crippen LogP contribution is -2.04. The molecule has 0 aliphatic heterocycles. The first-order chi connectivity index (χ1) is 7.19. The van der Waals surface area contributed by atoms with Crippen molar-refractivity contribution in [1.29, 1.82) is 0 Å². The summed E-state index contributed by atoms with van der Waals surface area (Å²) in [6, 6.07) is 4.17. The minimum atomic E-state index is -0.591. The van der Waals surface area contributed by atoms with Crippen LogP contribution in [0.4, 0.5) is 5.69 Å². The second-order valence-corrected chi connectivity index (χ2v) is 2.79. The lowest BCUT2D eigenvalue weighted by atomic mass is 10.2. The normalized spacial score (nSPS) is 10.0. The molecule has 82 valence electrons. The highest BCUT2D eigenvalue weighted by Gasteiger charge is 2.15. The van der Waals surface area contributed by atoms with E-state index in [0.717, 1.165) is 0 Å². The van der Waals surface area contributed by atoms with Gasteiger partial charge in [-0.25, -0.2) is 0 Å². The van der Waals surface area contributed by atoms with E-state index in [1.807, 2.05) is 0 Å². The third-order valence-corrected chi connectivity index (χ3v) is 1.75. The van der Waals surface area contributed by atoms with Crippen molar-refractivity contribution in [3.63, 3.8) is 0 Å². The van der Waals surface area contributed by atoms with E-state index in [-0.39, 0.29) is 31.3 Å². The van der Waals surface area contributed by atoms with Crippen LogP contribution in [0.25, 0.3) is 0 Å². The number of hydrogen-bond acceptors (Lipinski definition) is 5. The Kier molecular flexibility index (Phi) is 4.02. The fourth-order valence-corrected chi connectivity index (χ4v) is 1.08. The van der Waals surface area contributed by atoms with E-state index in [9.17, 15) is 10.1 Å². The first kappa shape index (κ1) is 11.4. The molecule has 0 spiro atoms. The molecule has 2 N–H and O–H groups in total. The van der Waals surface area contributed by atoms with E-state index < -0.39 is 4.92 Å². The van der Waals surface area contributed by atoms with E-state index in [4.69, 9.17) is 14.9 Å². The molecular formula is C9H11NO5. The number of rotatable bonds is 5. The third kappa shape index (κ3) is 2.90. The zero-order chi connectivity index (χ0) is 11.3. The second kappa shape index (κ2) is 5.28. The van der Waals surface area contributed by atoms with Gasteiger partial charge in [-0.05, 0) is 11.6 Å². The summed E-state index contributed by atoms with van der Waals surface area (Å²) >= 11 is 0. The molecule has 0 aliphatic rings. The van der Waals surface area contributed by atoms with Gasteiger partial charge in [0, 0.05) is 6.07 Å². The lowest BCUT2D eigenvalue weighted by molar-refractivity contribution is -0.386. The van der Waals surface area contributed by atoms with Crippen LogP contribution in [-0.2, 0) is 6.61 Å². The number of ether oxygens (including phenoxy) is 1. The number of hydrogen-bond donors (Lipinski definition) is 2. The summed E-state index contributed by atoms with van der Waals surface area (Å²) in [5, 5.41) is 28.0. The van der Waals surface area contributed by atoms with Crippen molar-refractivity contribution >= 4 is 5.69 Å². The van der Waals surface area contributed by atoms with Crippen molar-refractivity contribution in [2.24, 2.45) is 0 Å². The maximum Gasteiger partial charge on any atom is 0.311 e. The highest BCUT2D eigenvalue weighted by atomic mass is 16.6. The predicted molar refractivity (Wildman–Crippen MR) is 51.6 cm³/mol. The Labute approximate surface area is 85.9 Å². The van der Waals surface area contributed by atoms with E-state index >= 15 is 0 Å². The first-order valence-electron chi connectivity index (χ1n) is 4.31. The van der Waals surface area contributed by atoms with Crippen molar-refractivity contribution in [1.82, 2.24) is 0 Å². The molecule has 0 fully saturated rings. The monoisotopic (exact) mass is 213 g/mol. The van der Waals surface area contributed by atoms with Crippen LogP contribution in [0.5, 0.6) is 5.75 Å². The minimum absolute atomic E-state index is 0.000683. The van der Waals surface area contributed by atoms with Gasteiger partial charge in [0.05, 0.1) is 18.1 Å². The topological polar surface area (TPSA) is 92.8 Å². The Morgan fingerprint density at radius 3 is 2.67 bits per heavy atom. The third-order valence-electron chi connectivity index (χ3n) is 1.75. The molecular weight excluding hydrogens is 202 g/mol. The summed E-state index contributed by atoms with van der Waals surface area (Å²) in [7, 11) is 0. The molecule has 0 aliphatic carbocycles. The van der Waals surface area contributed by atoms with Crippen LogP contribution in [0.3, 0.4) is 0 Å². The maximum absolute atomic E-state index is 10.6. The summed E-state index contributed by atoms with van der Waals surface area (Å²) < 4.78 is 4.97. The predicted octanol–water partition coefficient (Wildman–Crippen LogP) is 0.458. The fraction of sp³-hybridized carbons (Fsp3) is 0.333. The largest absolute Gasteiger partial charge is 0.484 e. The van der Waals surface area contributed by atoms with Crippen molar-refractivity contribution < 1.29 is 19.9 Å². The Morgan fingerprint density at radius 1 is 1.40 bits per heavy atom. The van der Waals surface area contributed by atoms with Gasteiger partial charge < -0.3 is 14.9 Å². The van der Waals surface area contributed by atoms with Crippen LogP contribution in [0.1, 0.15) is 5.56 Å². The summed E-state index contributed by atoms with van der Waals surface area (Å²) in [5.41, 5.74) is 0.230. The highest BCUT2D eigenvalue weighted by Crippen LogP contribution is 2.27. The van der Waals surface area contributed by atoms with Crippen molar-refractivity contribution in [3.8, 4) is 5.75 Å². The van der Waals surface area contributed by atoms with Gasteiger partial charge in [-0.15, -0.1) is 0 Å². The molecule has 1 aromatic rings. The summed E-state index contributed by atoms with van der Waals surface area (Å²) in [6.45, 7) is -0.473. The van der Waals surface area contributed by atoms with Gasteiger partial charge in [-0.2, -0.15) is 0 Å². The molecule has 1 rings (SSSR count). The Hall–Kier alpha value is -1.66. The molecule has 6 heteroatoms. The first-order valence-corrected chi connectivity index (χ1v) is 4.31. The van der Waals surface area contributed by atoms with Gasteiger partial charge in [-0.3, -0.25) is 10.1 Å². The Morgan fingerprint density at radius 2 is 2.13 bits per heavy atom. The molecule has 0 bridgehead atoms. The van der Waals surface area contributed by atoms with Gasteiger partial charge >= 0.3 is 5.69 Å². The number of benzene rings is 1. The molecule has 0 saturated heterocycles. The molecule has 0 aromatic heterocycles. The van der Waals surface area contributed by atoms with Gasteiger partial charge in [-0.1, -0.05) is 6.07 Å². The number of nitro groups is 1.